The van der Waals surface area contributed by atoms with Crippen LogP contribution >= 0.6 is 0 Å². The largest absolute Gasteiger partial charge is 0.493 e. The van der Waals surface area contributed by atoms with Gasteiger partial charge in [0.25, 0.3) is 11.8 Å². The van der Waals surface area contributed by atoms with Crippen molar-refractivity contribution in [3.8, 4) is 28.6 Å². The Labute approximate surface area is 172 Å². The van der Waals surface area contributed by atoms with E-state index >= 15 is 0 Å². The predicted molar refractivity (Wildman–Crippen MR) is 111 cm³/mol. The molecule has 1 amide bonds. The Bertz CT molecular complexity index is 1170. The first kappa shape index (κ1) is 19.3. The summed E-state index contributed by atoms with van der Waals surface area (Å²) in [5, 5.41) is 6.85. The Morgan fingerprint density at radius 1 is 1.03 bits per heavy atom. The first-order valence-corrected chi connectivity index (χ1v) is 9.38. The number of carbonyl (C=O) groups excluding carboxylic acids is 1. The molecule has 0 saturated heterocycles. The van der Waals surface area contributed by atoms with Gasteiger partial charge in [-0.3, -0.25) is 4.79 Å². The maximum atomic E-state index is 13.2. The molecule has 1 heterocycles. The molecule has 0 unspecified atom stereocenters. The number of hydrogen-bond donors (Lipinski definition) is 1. The molecule has 0 aliphatic heterocycles. The number of ether oxygens (including phenoxy) is 1. The van der Waals surface area contributed by atoms with Crippen molar-refractivity contribution in [1.82, 2.24) is 10.1 Å². The molecule has 7 heteroatoms. The number of nitrogens with zero attached hydrogens (tertiary/aromatic N) is 2. The third kappa shape index (κ3) is 4.05. The van der Waals surface area contributed by atoms with Crippen LogP contribution in [0.3, 0.4) is 0 Å². The van der Waals surface area contributed by atoms with Crippen LogP contribution in [0.2, 0.25) is 0 Å². The zero-order valence-corrected chi connectivity index (χ0v) is 16.1. The summed E-state index contributed by atoms with van der Waals surface area (Å²) in [6.07, 6.45) is 0. The summed E-state index contributed by atoms with van der Waals surface area (Å²) in [7, 11) is 0. The molecule has 0 spiro atoms. The van der Waals surface area contributed by atoms with E-state index < -0.39 is 0 Å². The van der Waals surface area contributed by atoms with E-state index in [0.717, 1.165) is 0 Å². The molecule has 4 aromatic rings. The van der Waals surface area contributed by atoms with Gasteiger partial charge in [0.05, 0.1) is 23.4 Å². The van der Waals surface area contributed by atoms with Crippen molar-refractivity contribution in [2.24, 2.45) is 0 Å². The highest BCUT2D eigenvalue weighted by Gasteiger charge is 2.18. The van der Waals surface area contributed by atoms with Gasteiger partial charge in [0, 0.05) is 5.56 Å². The number of amides is 1. The lowest BCUT2D eigenvalue weighted by atomic mass is 10.1. The van der Waals surface area contributed by atoms with Gasteiger partial charge in [0.1, 0.15) is 11.6 Å². The van der Waals surface area contributed by atoms with Crippen LogP contribution < -0.4 is 10.1 Å². The molecule has 0 atom stereocenters. The lowest BCUT2D eigenvalue weighted by molar-refractivity contribution is 0.102. The quantitative estimate of drug-likeness (QED) is 0.479. The molecule has 0 bridgehead atoms. The van der Waals surface area contributed by atoms with Crippen molar-refractivity contribution in [3.63, 3.8) is 0 Å². The zero-order valence-electron chi connectivity index (χ0n) is 16.1. The van der Waals surface area contributed by atoms with Crippen molar-refractivity contribution in [1.29, 1.82) is 0 Å². The highest BCUT2D eigenvalue weighted by atomic mass is 19.1. The van der Waals surface area contributed by atoms with Crippen LogP contribution in [0.25, 0.3) is 22.8 Å². The number of carbonyl (C=O) groups is 1. The van der Waals surface area contributed by atoms with Gasteiger partial charge in [-0.2, -0.15) is 4.98 Å². The summed E-state index contributed by atoms with van der Waals surface area (Å²) >= 11 is 0. The van der Waals surface area contributed by atoms with Gasteiger partial charge >= 0.3 is 0 Å². The molecule has 30 heavy (non-hydrogen) atoms. The van der Waals surface area contributed by atoms with Crippen molar-refractivity contribution in [2.75, 3.05) is 11.9 Å². The maximum absolute atomic E-state index is 13.2. The highest BCUT2D eigenvalue weighted by Crippen LogP contribution is 2.29. The molecule has 0 radical (unpaired) electrons. The van der Waals surface area contributed by atoms with Gasteiger partial charge < -0.3 is 14.6 Å². The van der Waals surface area contributed by atoms with Crippen molar-refractivity contribution in [3.05, 3.63) is 84.2 Å². The van der Waals surface area contributed by atoms with E-state index in [1.807, 2.05) is 13.0 Å². The number of para-hydroxylation sites is 2. The van der Waals surface area contributed by atoms with Gasteiger partial charge in [-0.25, -0.2) is 4.39 Å². The maximum Gasteiger partial charge on any atom is 0.260 e. The van der Waals surface area contributed by atoms with E-state index in [9.17, 15) is 9.18 Å². The second-order valence-electron chi connectivity index (χ2n) is 6.36. The molecule has 4 rings (SSSR count). The van der Waals surface area contributed by atoms with Crippen LogP contribution in [0.5, 0.6) is 5.75 Å². The van der Waals surface area contributed by atoms with Crippen LogP contribution in [0.15, 0.2) is 77.3 Å². The SMILES string of the molecule is CCOc1ccccc1C(=O)Nc1ccccc1-c1nc(-c2ccc(F)cc2)no1. The van der Waals surface area contributed by atoms with Crippen LogP contribution in [0, 0.1) is 5.82 Å². The third-order valence-corrected chi connectivity index (χ3v) is 4.37. The normalized spacial score (nSPS) is 10.6. The number of rotatable bonds is 6. The van der Waals surface area contributed by atoms with Crippen molar-refractivity contribution < 1.29 is 18.4 Å². The summed E-state index contributed by atoms with van der Waals surface area (Å²) in [5.41, 5.74) is 2.13. The van der Waals surface area contributed by atoms with E-state index in [4.69, 9.17) is 9.26 Å². The lowest BCUT2D eigenvalue weighted by Gasteiger charge is -2.12. The fourth-order valence-electron chi connectivity index (χ4n) is 2.95. The number of nitrogens with one attached hydrogen (secondary N) is 1. The smallest absolute Gasteiger partial charge is 0.260 e. The van der Waals surface area contributed by atoms with Crippen molar-refractivity contribution >= 4 is 11.6 Å². The first-order chi connectivity index (χ1) is 14.7. The summed E-state index contributed by atoms with van der Waals surface area (Å²) in [4.78, 5) is 17.3. The van der Waals surface area contributed by atoms with Gasteiger partial charge in [-0.1, -0.05) is 29.4 Å². The van der Waals surface area contributed by atoms with Crippen LogP contribution in [-0.2, 0) is 0 Å². The van der Waals surface area contributed by atoms with Crippen molar-refractivity contribution in [2.45, 2.75) is 6.92 Å². The molecule has 0 aliphatic carbocycles. The Kier molecular flexibility index (Phi) is 5.52. The summed E-state index contributed by atoms with van der Waals surface area (Å²) in [5.74, 6) is 0.412. The minimum Gasteiger partial charge on any atom is -0.493 e. The number of benzene rings is 3. The standard InChI is InChI=1S/C23H18FN3O3/c1-2-29-20-10-6-4-8-18(20)22(28)25-19-9-5-3-7-17(19)23-26-21(27-30-23)15-11-13-16(24)14-12-15/h3-14H,2H2,1H3,(H,25,28). The lowest BCUT2D eigenvalue weighted by Crippen LogP contribution is -2.14. The van der Waals surface area contributed by atoms with E-state index in [1.165, 1.54) is 12.1 Å². The molecule has 1 aromatic heterocycles. The molecule has 6 nitrogen and oxygen atoms in total. The number of hydrogen-bond acceptors (Lipinski definition) is 5. The second-order valence-corrected chi connectivity index (χ2v) is 6.36. The fourth-order valence-corrected chi connectivity index (χ4v) is 2.95. The summed E-state index contributed by atoms with van der Waals surface area (Å²) in [6, 6.07) is 20.0. The van der Waals surface area contributed by atoms with E-state index in [1.54, 1.807) is 54.6 Å². The molecule has 0 aliphatic rings. The van der Waals surface area contributed by atoms with E-state index in [2.05, 4.69) is 15.5 Å². The molecule has 150 valence electrons. The molecule has 0 fully saturated rings. The number of anilines is 1. The van der Waals surface area contributed by atoms with Crippen LogP contribution in [0.4, 0.5) is 10.1 Å². The average molecular weight is 403 g/mol. The average Bonchev–Trinajstić information content (AvgIpc) is 3.25. The minimum atomic E-state index is -0.345. The predicted octanol–water partition coefficient (Wildman–Crippen LogP) is 5.19. The zero-order chi connectivity index (χ0) is 20.9. The van der Waals surface area contributed by atoms with E-state index in [-0.39, 0.29) is 17.6 Å². The van der Waals surface area contributed by atoms with Gasteiger partial charge in [-0.05, 0) is 55.5 Å². The Balaban J connectivity index is 1.62. The molecular formula is C23H18FN3O3. The van der Waals surface area contributed by atoms with E-state index in [0.29, 0.717) is 40.6 Å². The van der Waals surface area contributed by atoms with Gasteiger partial charge in [-0.15, -0.1) is 0 Å². The fraction of sp³-hybridized carbons (Fsp3) is 0.0870. The molecular weight excluding hydrogens is 385 g/mol. The number of aromatic nitrogens is 2. The minimum absolute atomic E-state index is 0.239. The third-order valence-electron chi connectivity index (χ3n) is 4.37. The summed E-state index contributed by atoms with van der Waals surface area (Å²) < 4.78 is 24.1. The first-order valence-electron chi connectivity index (χ1n) is 9.38. The van der Waals surface area contributed by atoms with Gasteiger partial charge in [0.2, 0.25) is 5.82 Å². The topological polar surface area (TPSA) is 77.2 Å². The second kappa shape index (κ2) is 8.57. The van der Waals surface area contributed by atoms with Gasteiger partial charge in [0.15, 0.2) is 0 Å². The molecule has 0 saturated carbocycles. The number of halogens is 1. The highest BCUT2D eigenvalue weighted by molar-refractivity contribution is 6.07. The monoisotopic (exact) mass is 403 g/mol. The molecule has 3 aromatic carbocycles. The summed E-state index contributed by atoms with van der Waals surface area (Å²) in [6.45, 7) is 2.31. The Hall–Kier alpha value is -4.00. The molecule has 1 N–H and O–H groups in total. The van der Waals surface area contributed by atoms with Crippen LogP contribution in [0.1, 0.15) is 17.3 Å². The van der Waals surface area contributed by atoms with Crippen LogP contribution in [-0.4, -0.2) is 22.7 Å². The Morgan fingerprint density at radius 2 is 1.77 bits per heavy atom. The Morgan fingerprint density at radius 3 is 2.57 bits per heavy atom.